The predicted molar refractivity (Wildman–Crippen MR) is 96.8 cm³/mol. The van der Waals surface area contributed by atoms with E-state index in [1.807, 2.05) is 11.0 Å². The van der Waals surface area contributed by atoms with Crippen LogP contribution in [0.4, 0.5) is 18.9 Å². The maximum Gasteiger partial charge on any atom is 0.416 e. The highest BCUT2D eigenvalue weighted by Crippen LogP contribution is 2.31. The molecule has 1 saturated heterocycles. The van der Waals surface area contributed by atoms with Gasteiger partial charge in [0.1, 0.15) is 6.61 Å². The molecule has 2 aromatic carbocycles. The van der Waals surface area contributed by atoms with E-state index in [1.165, 1.54) is 12.1 Å². The minimum absolute atomic E-state index is 0.289. The Morgan fingerprint density at radius 3 is 2.33 bits per heavy atom. The monoisotopic (exact) mass is 378 g/mol. The molecule has 27 heavy (non-hydrogen) atoms. The van der Waals surface area contributed by atoms with Crippen molar-refractivity contribution in [3.05, 3.63) is 65.7 Å². The van der Waals surface area contributed by atoms with Crippen LogP contribution in [-0.4, -0.2) is 50.2 Å². The van der Waals surface area contributed by atoms with E-state index in [1.54, 1.807) is 30.3 Å². The van der Waals surface area contributed by atoms with Crippen molar-refractivity contribution in [3.8, 4) is 0 Å². The Kier molecular flexibility index (Phi) is 6.01. The summed E-state index contributed by atoms with van der Waals surface area (Å²) < 4.78 is 43.8. The van der Waals surface area contributed by atoms with Crippen molar-refractivity contribution in [1.82, 2.24) is 4.90 Å². The lowest BCUT2D eigenvalue weighted by Gasteiger charge is -2.36. The molecule has 1 aliphatic rings. The van der Waals surface area contributed by atoms with Gasteiger partial charge in [-0.15, -0.1) is 0 Å². The van der Waals surface area contributed by atoms with Gasteiger partial charge in [-0.05, 0) is 30.3 Å². The van der Waals surface area contributed by atoms with Gasteiger partial charge in [0.05, 0.1) is 11.1 Å². The highest BCUT2D eigenvalue weighted by atomic mass is 19.4. The molecule has 4 nitrogen and oxygen atoms in total. The smallest absolute Gasteiger partial charge is 0.416 e. The molecule has 0 radical (unpaired) electrons. The van der Waals surface area contributed by atoms with Crippen molar-refractivity contribution in [2.45, 2.75) is 6.18 Å². The zero-order valence-electron chi connectivity index (χ0n) is 14.8. The van der Waals surface area contributed by atoms with Gasteiger partial charge < -0.3 is 9.64 Å². The molecule has 0 amide bonds. The second-order valence-corrected chi connectivity index (χ2v) is 6.38. The molecule has 3 rings (SSSR count). The number of hydrogen-bond donors (Lipinski definition) is 0. The van der Waals surface area contributed by atoms with Crippen molar-refractivity contribution in [1.29, 1.82) is 0 Å². The summed E-state index contributed by atoms with van der Waals surface area (Å²) in [5.41, 5.74) is 0.474. The molecule has 0 saturated carbocycles. The summed E-state index contributed by atoms with van der Waals surface area (Å²) in [6.07, 6.45) is -4.33. The summed E-state index contributed by atoms with van der Waals surface area (Å²) in [6.45, 7) is 3.58. The molecule has 0 aromatic heterocycles. The first-order valence-electron chi connectivity index (χ1n) is 8.80. The number of esters is 1. The Balaban J connectivity index is 1.45. The van der Waals surface area contributed by atoms with Gasteiger partial charge >= 0.3 is 12.1 Å². The van der Waals surface area contributed by atoms with Crippen LogP contribution in [0.25, 0.3) is 0 Å². The average Bonchev–Trinajstić information content (AvgIpc) is 2.68. The predicted octanol–water partition coefficient (Wildman–Crippen LogP) is 3.68. The molecule has 1 aliphatic heterocycles. The lowest BCUT2D eigenvalue weighted by Crippen LogP contribution is -2.47. The van der Waals surface area contributed by atoms with E-state index in [4.69, 9.17) is 4.74 Å². The maximum atomic E-state index is 12.9. The number of piperazine rings is 1. The summed E-state index contributed by atoms with van der Waals surface area (Å²) in [5, 5.41) is 0. The second-order valence-electron chi connectivity index (χ2n) is 6.38. The Hall–Kier alpha value is -2.54. The molecular weight excluding hydrogens is 357 g/mol. The Bertz CT molecular complexity index is 757. The van der Waals surface area contributed by atoms with Gasteiger partial charge in [0, 0.05) is 38.4 Å². The summed E-state index contributed by atoms with van der Waals surface area (Å²) in [5.74, 6) is -0.349. The van der Waals surface area contributed by atoms with Gasteiger partial charge in [-0.3, -0.25) is 4.90 Å². The average molecular weight is 378 g/mol. The topological polar surface area (TPSA) is 32.8 Å². The molecule has 0 unspecified atom stereocenters. The lowest BCUT2D eigenvalue weighted by molar-refractivity contribution is -0.137. The molecule has 1 fully saturated rings. The molecule has 144 valence electrons. The van der Waals surface area contributed by atoms with E-state index in [-0.39, 0.29) is 12.6 Å². The molecule has 0 aliphatic carbocycles. The highest BCUT2D eigenvalue weighted by molar-refractivity contribution is 5.89. The molecule has 0 atom stereocenters. The highest BCUT2D eigenvalue weighted by Gasteiger charge is 2.31. The minimum atomic E-state index is -4.33. The third kappa shape index (κ3) is 5.23. The van der Waals surface area contributed by atoms with Crippen LogP contribution in [0.3, 0.4) is 0 Å². The first kappa shape index (κ1) is 19.2. The van der Waals surface area contributed by atoms with Crippen LogP contribution in [0.1, 0.15) is 15.9 Å². The van der Waals surface area contributed by atoms with Crippen LogP contribution in [0.5, 0.6) is 0 Å². The van der Waals surface area contributed by atoms with Gasteiger partial charge in [-0.2, -0.15) is 13.2 Å². The van der Waals surface area contributed by atoms with Gasteiger partial charge in [0.15, 0.2) is 0 Å². The third-order valence-electron chi connectivity index (χ3n) is 4.56. The summed E-state index contributed by atoms with van der Waals surface area (Å²) in [7, 11) is 0. The largest absolute Gasteiger partial charge is 0.461 e. The zero-order chi connectivity index (χ0) is 19.3. The fourth-order valence-corrected chi connectivity index (χ4v) is 3.03. The van der Waals surface area contributed by atoms with Gasteiger partial charge in [0.25, 0.3) is 0 Å². The molecule has 7 heteroatoms. The van der Waals surface area contributed by atoms with Crippen molar-refractivity contribution >= 4 is 11.7 Å². The fourth-order valence-electron chi connectivity index (χ4n) is 3.03. The van der Waals surface area contributed by atoms with Gasteiger partial charge in [-0.1, -0.05) is 24.3 Å². The number of rotatable bonds is 5. The molecule has 0 spiro atoms. The Morgan fingerprint density at radius 1 is 0.963 bits per heavy atom. The fraction of sp³-hybridized carbons (Fsp3) is 0.350. The van der Waals surface area contributed by atoms with Gasteiger partial charge in [0.2, 0.25) is 0 Å². The van der Waals surface area contributed by atoms with Crippen molar-refractivity contribution in [2.75, 3.05) is 44.2 Å². The number of halogens is 3. The number of hydrogen-bond acceptors (Lipinski definition) is 4. The number of nitrogens with zero attached hydrogens (tertiary/aromatic N) is 2. The summed E-state index contributed by atoms with van der Waals surface area (Å²) >= 11 is 0. The number of alkyl halides is 3. The van der Waals surface area contributed by atoms with Crippen molar-refractivity contribution < 1.29 is 22.7 Å². The molecule has 1 heterocycles. The second kappa shape index (κ2) is 8.43. The number of benzene rings is 2. The number of carbonyl (C=O) groups is 1. The van der Waals surface area contributed by atoms with Crippen LogP contribution in [-0.2, 0) is 10.9 Å². The maximum absolute atomic E-state index is 12.9. The lowest BCUT2D eigenvalue weighted by atomic mass is 10.1. The molecular formula is C20H21F3N2O2. The Labute approximate surface area is 156 Å². The first-order chi connectivity index (χ1) is 12.9. The molecule has 0 bridgehead atoms. The standard InChI is InChI=1S/C20H21F3N2O2/c21-20(22,23)17-7-4-8-18(15-17)25-11-9-24(10-12-25)13-14-27-19(26)16-5-2-1-3-6-16/h1-8,15H,9-14H2. The van der Waals surface area contributed by atoms with Gasteiger partial charge in [-0.25, -0.2) is 4.79 Å². The first-order valence-corrected chi connectivity index (χ1v) is 8.80. The number of ether oxygens (including phenoxy) is 1. The van der Waals surface area contributed by atoms with Crippen LogP contribution < -0.4 is 4.90 Å². The van der Waals surface area contributed by atoms with Crippen molar-refractivity contribution in [3.63, 3.8) is 0 Å². The number of carbonyl (C=O) groups excluding carboxylic acids is 1. The molecule has 0 N–H and O–H groups in total. The Morgan fingerprint density at radius 2 is 1.67 bits per heavy atom. The summed E-state index contributed by atoms with van der Waals surface area (Å²) in [4.78, 5) is 16.0. The minimum Gasteiger partial charge on any atom is -0.461 e. The van der Waals surface area contributed by atoms with Crippen molar-refractivity contribution in [2.24, 2.45) is 0 Å². The number of anilines is 1. The SMILES string of the molecule is O=C(OCCN1CCN(c2cccc(C(F)(F)F)c2)CC1)c1ccccc1. The van der Waals surface area contributed by atoms with E-state index in [2.05, 4.69) is 4.90 Å². The zero-order valence-corrected chi connectivity index (χ0v) is 14.8. The van der Waals surface area contributed by atoms with E-state index < -0.39 is 11.7 Å². The van der Waals surface area contributed by atoms with E-state index >= 15 is 0 Å². The normalized spacial score (nSPS) is 15.6. The van der Waals surface area contributed by atoms with E-state index in [9.17, 15) is 18.0 Å². The quantitative estimate of drug-likeness (QED) is 0.743. The van der Waals surface area contributed by atoms with Crippen LogP contribution >= 0.6 is 0 Å². The van der Waals surface area contributed by atoms with Crippen LogP contribution in [0.15, 0.2) is 54.6 Å². The van der Waals surface area contributed by atoms with E-state index in [0.29, 0.717) is 44.0 Å². The summed E-state index contributed by atoms with van der Waals surface area (Å²) in [6, 6.07) is 14.2. The van der Waals surface area contributed by atoms with Crippen LogP contribution in [0, 0.1) is 0 Å². The van der Waals surface area contributed by atoms with E-state index in [0.717, 1.165) is 6.07 Å². The third-order valence-corrected chi connectivity index (χ3v) is 4.56. The van der Waals surface area contributed by atoms with Crippen LogP contribution in [0.2, 0.25) is 0 Å². The molecule has 2 aromatic rings.